The second kappa shape index (κ2) is 8.59. The van der Waals surface area contributed by atoms with E-state index in [9.17, 15) is 14.7 Å². The van der Waals surface area contributed by atoms with Gasteiger partial charge in [0.05, 0.1) is 27.4 Å². The minimum absolute atomic E-state index is 0.0353. The molecule has 1 aromatic carbocycles. The summed E-state index contributed by atoms with van der Waals surface area (Å²) in [5, 5.41) is 29.7. The number of hydrogen-bond acceptors (Lipinski definition) is 6. The van der Waals surface area contributed by atoms with Crippen LogP contribution in [-0.4, -0.2) is 5.11 Å². The molecule has 3 aliphatic rings. The summed E-state index contributed by atoms with van der Waals surface area (Å²) in [4.78, 5) is 26.1. The van der Waals surface area contributed by atoms with Gasteiger partial charge >= 0.3 is 0 Å². The Balaban J connectivity index is 1.87. The molecule has 0 atom stereocenters. The average molecular weight is 425 g/mol. The van der Waals surface area contributed by atoms with Crippen molar-refractivity contribution in [2.45, 2.75) is 26.2 Å². The van der Waals surface area contributed by atoms with E-state index in [0.717, 1.165) is 31.2 Å². The van der Waals surface area contributed by atoms with Gasteiger partial charge in [0.1, 0.15) is 0 Å². The number of benzene rings is 1. The lowest BCUT2D eigenvalue weighted by Gasteiger charge is -2.04. The highest BCUT2D eigenvalue weighted by Crippen LogP contribution is 2.11. The van der Waals surface area contributed by atoms with Crippen molar-refractivity contribution in [1.82, 2.24) is 0 Å². The standard InChI is InChI=1S/C26H23N3O3/c1-2-3-4-15-5-9-18(10-6-15)29-13-16-7-11-19-21(23(16)27)25(31)20-12-8-17(14-30)24(28)22(20)26(19)32/h5-14,27-30H,2-4H2,1H3. The van der Waals surface area contributed by atoms with E-state index < -0.39 is 10.9 Å². The molecule has 160 valence electrons. The Morgan fingerprint density at radius 3 is 1.97 bits per heavy atom. The first-order chi connectivity index (χ1) is 15.5. The molecule has 0 fully saturated rings. The summed E-state index contributed by atoms with van der Waals surface area (Å²) in [6, 6.07) is 14.1. The fourth-order valence-corrected chi connectivity index (χ4v) is 3.89. The number of rotatable bonds is 5. The van der Waals surface area contributed by atoms with Crippen LogP contribution in [0.5, 0.6) is 0 Å². The molecule has 6 heteroatoms. The first-order valence-electron chi connectivity index (χ1n) is 10.5. The van der Waals surface area contributed by atoms with Crippen LogP contribution in [0.1, 0.15) is 25.3 Å². The summed E-state index contributed by atoms with van der Waals surface area (Å²) >= 11 is 0. The number of nitrogens with one attached hydrogen (secondary N) is 3. The molecule has 0 bridgehead atoms. The van der Waals surface area contributed by atoms with Crippen LogP contribution in [0.15, 0.2) is 58.1 Å². The molecule has 1 aromatic rings. The molecule has 0 saturated heterocycles. The van der Waals surface area contributed by atoms with Gasteiger partial charge in [0, 0.05) is 32.8 Å². The third-order valence-electron chi connectivity index (χ3n) is 5.72. The van der Waals surface area contributed by atoms with Crippen LogP contribution < -0.4 is 37.3 Å². The average Bonchev–Trinajstić information content (AvgIpc) is 2.80. The van der Waals surface area contributed by atoms with Gasteiger partial charge in [0.15, 0.2) is 10.9 Å². The van der Waals surface area contributed by atoms with Crippen LogP contribution in [0, 0.1) is 31.7 Å². The molecule has 0 saturated carbocycles. The van der Waals surface area contributed by atoms with Gasteiger partial charge < -0.3 is 10.4 Å². The predicted octanol–water partition coefficient (Wildman–Crippen LogP) is 1.18. The van der Waals surface area contributed by atoms with Crippen LogP contribution in [0.25, 0.3) is 12.5 Å². The smallest absolute Gasteiger partial charge is 0.196 e. The maximum absolute atomic E-state index is 13.1. The summed E-state index contributed by atoms with van der Waals surface area (Å²) in [6.45, 7) is 2.16. The van der Waals surface area contributed by atoms with Crippen LogP contribution >= 0.6 is 0 Å². The molecule has 32 heavy (non-hydrogen) atoms. The first-order valence-corrected chi connectivity index (χ1v) is 10.5. The third kappa shape index (κ3) is 3.60. The van der Waals surface area contributed by atoms with Crippen molar-refractivity contribution in [3.8, 4) is 0 Å². The molecule has 0 radical (unpaired) electrons. The lowest BCUT2D eigenvalue weighted by Crippen LogP contribution is -2.37. The predicted molar refractivity (Wildman–Crippen MR) is 123 cm³/mol. The molecule has 0 heterocycles. The van der Waals surface area contributed by atoms with E-state index in [-0.39, 0.29) is 36.8 Å². The van der Waals surface area contributed by atoms with E-state index in [1.54, 1.807) is 12.3 Å². The van der Waals surface area contributed by atoms with Crippen molar-refractivity contribution >= 4 is 18.1 Å². The fourth-order valence-electron chi connectivity index (χ4n) is 3.89. The van der Waals surface area contributed by atoms with Gasteiger partial charge in [-0.3, -0.25) is 20.4 Å². The highest BCUT2D eigenvalue weighted by atomic mass is 16.2. The first kappa shape index (κ1) is 21.2. The molecule has 0 aromatic heterocycles. The quantitative estimate of drug-likeness (QED) is 0.384. The summed E-state index contributed by atoms with van der Waals surface area (Å²) in [6.07, 6.45) is 5.72. The maximum Gasteiger partial charge on any atom is 0.196 e. The molecule has 0 spiro atoms. The Morgan fingerprint density at radius 2 is 1.41 bits per heavy atom. The van der Waals surface area contributed by atoms with Crippen molar-refractivity contribution in [3.05, 3.63) is 117 Å². The normalized spacial score (nSPS) is 12.7. The topological polar surface area (TPSA) is 114 Å². The summed E-state index contributed by atoms with van der Waals surface area (Å²) in [5.41, 5.74) is 1.18. The van der Waals surface area contributed by atoms with Gasteiger partial charge in [-0.25, -0.2) is 0 Å². The van der Waals surface area contributed by atoms with Crippen LogP contribution in [0.2, 0.25) is 0 Å². The Labute approximate surface area is 182 Å². The van der Waals surface area contributed by atoms with E-state index in [1.165, 1.54) is 23.8 Å². The van der Waals surface area contributed by atoms with Crippen molar-refractivity contribution in [2.24, 2.45) is 0 Å². The number of aliphatic hydroxyl groups is 1. The zero-order valence-corrected chi connectivity index (χ0v) is 17.7. The molecule has 0 aliphatic heterocycles. The summed E-state index contributed by atoms with van der Waals surface area (Å²) < 4.78 is 0. The van der Waals surface area contributed by atoms with Gasteiger partial charge in [-0.2, -0.15) is 0 Å². The number of aliphatic hydroxyl groups excluding tert-OH is 1. The van der Waals surface area contributed by atoms with Crippen molar-refractivity contribution in [2.75, 3.05) is 5.32 Å². The van der Waals surface area contributed by atoms with Crippen molar-refractivity contribution in [1.29, 1.82) is 10.8 Å². The van der Waals surface area contributed by atoms with Gasteiger partial charge in [-0.15, -0.1) is 0 Å². The van der Waals surface area contributed by atoms with E-state index in [1.807, 2.05) is 12.1 Å². The zero-order valence-electron chi connectivity index (χ0n) is 17.7. The Morgan fingerprint density at radius 1 is 0.844 bits per heavy atom. The minimum Gasteiger partial charge on any atom is -0.515 e. The Bertz CT molecular complexity index is 1770. The van der Waals surface area contributed by atoms with Gasteiger partial charge in [0.25, 0.3) is 0 Å². The number of anilines is 1. The van der Waals surface area contributed by atoms with Gasteiger partial charge in [-0.05, 0) is 48.7 Å². The third-order valence-corrected chi connectivity index (χ3v) is 5.72. The molecular formula is C26H23N3O3. The molecule has 0 amide bonds. The fraction of sp³-hybridized carbons (Fsp3) is 0.154. The Hall–Kier alpha value is -4.06. The van der Waals surface area contributed by atoms with E-state index >= 15 is 0 Å². The van der Waals surface area contributed by atoms with E-state index in [0.29, 0.717) is 5.22 Å². The minimum atomic E-state index is -0.487. The SMILES string of the molecule is CCCCc1ccc(NC=c2ccc3c(=O)c4c(=N)c(=CO)ccc=4c(=O)c=3c2=N)cc1. The zero-order chi connectivity index (χ0) is 22.8. The molecule has 3 aliphatic carbocycles. The highest BCUT2D eigenvalue weighted by Gasteiger charge is 2.08. The van der Waals surface area contributed by atoms with E-state index in [2.05, 4.69) is 24.4 Å². The number of unbranched alkanes of at least 4 members (excludes halogenated alkanes) is 1. The highest BCUT2D eigenvalue weighted by molar-refractivity contribution is 5.54. The van der Waals surface area contributed by atoms with Crippen LogP contribution in [0.4, 0.5) is 5.69 Å². The summed E-state index contributed by atoms with van der Waals surface area (Å²) in [7, 11) is 0. The number of hydrogen-bond donors (Lipinski definition) is 4. The second-order valence-corrected chi connectivity index (χ2v) is 7.78. The van der Waals surface area contributed by atoms with Crippen LogP contribution in [-0.2, 0) is 6.42 Å². The second-order valence-electron chi connectivity index (χ2n) is 7.78. The molecule has 4 rings (SSSR count). The number of aryl methyl sites for hydroxylation is 1. The Kier molecular flexibility index (Phi) is 5.69. The molecule has 6 nitrogen and oxygen atoms in total. The lowest BCUT2D eigenvalue weighted by atomic mass is 10.0. The maximum atomic E-state index is 13.1. The summed E-state index contributed by atoms with van der Waals surface area (Å²) in [5.74, 6) is 0. The van der Waals surface area contributed by atoms with E-state index in [4.69, 9.17) is 10.8 Å². The monoisotopic (exact) mass is 425 g/mol. The molecular weight excluding hydrogens is 402 g/mol. The largest absolute Gasteiger partial charge is 0.515 e. The van der Waals surface area contributed by atoms with Gasteiger partial charge in [-0.1, -0.05) is 31.5 Å². The van der Waals surface area contributed by atoms with Crippen molar-refractivity contribution < 1.29 is 5.11 Å². The molecule has 0 unspecified atom stereocenters. The van der Waals surface area contributed by atoms with Crippen molar-refractivity contribution in [3.63, 3.8) is 0 Å². The lowest BCUT2D eigenvalue weighted by molar-refractivity contribution is 0.539. The van der Waals surface area contributed by atoms with Gasteiger partial charge in [0.2, 0.25) is 0 Å². The molecule has 4 N–H and O–H groups in total. The van der Waals surface area contributed by atoms with Crippen LogP contribution in [0.3, 0.4) is 0 Å².